The average molecular weight is 391 g/mol. The van der Waals surface area contributed by atoms with E-state index >= 15 is 0 Å². The molecule has 0 saturated carbocycles. The number of phenolic OH excluding ortho intramolecular Hbond substituents is 1. The van der Waals surface area contributed by atoms with Gasteiger partial charge < -0.3 is 14.6 Å². The van der Waals surface area contributed by atoms with Crippen molar-refractivity contribution >= 4 is 18.1 Å². The molecular formula is C21H17N3O5. The predicted molar refractivity (Wildman–Crippen MR) is 105 cm³/mol. The Bertz CT molecular complexity index is 1050. The van der Waals surface area contributed by atoms with E-state index in [4.69, 9.17) is 9.47 Å². The van der Waals surface area contributed by atoms with Crippen molar-refractivity contribution in [1.29, 1.82) is 0 Å². The van der Waals surface area contributed by atoms with Crippen LogP contribution in [-0.2, 0) is 0 Å². The summed E-state index contributed by atoms with van der Waals surface area (Å²) in [5.74, 6) is -0.697. The number of para-hydroxylation sites is 1. The number of aromatic hydroxyl groups is 1. The molecule has 0 aliphatic heterocycles. The van der Waals surface area contributed by atoms with Crippen LogP contribution in [0.25, 0.3) is 0 Å². The van der Waals surface area contributed by atoms with E-state index in [9.17, 15) is 14.7 Å². The Labute approximate surface area is 166 Å². The highest BCUT2D eigenvalue weighted by Crippen LogP contribution is 2.28. The van der Waals surface area contributed by atoms with E-state index in [-0.39, 0.29) is 17.1 Å². The lowest BCUT2D eigenvalue weighted by atomic mass is 10.2. The van der Waals surface area contributed by atoms with Crippen molar-refractivity contribution < 1.29 is 24.2 Å². The number of rotatable bonds is 6. The summed E-state index contributed by atoms with van der Waals surface area (Å²) in [6, 6.07) is 14.2. The normalized spacial score (nSPS) is 10.5. The minimum absolute atomic E-state index is 0.111. The fourth-order valence-electron chi connectivity index (χ4n) is 2.38. The monoisotopic (exact) mass is 391 g/mol. The number of pyridine rings is 1. The Kier molecular flexibility index (Phi) is 6.16. The van der Waals surface area contributed by atoms with E-state index in [0.29, 0.717) is 16.9 Å². The summed E-state index contributed by atoms with van der Waals surface area (Å²) in [5, 5.41) is 13.5. The van der Waals surface area contributed by atoms with Crippen molar-refractivity contribution in [1.82, 2.24) is 10.4 Å². The fraction of sp³-hybridized carbons (Fsp3) is 0.0476. The topological polar surface area (TPSA) is 110 Å². The molecule has 146 valence electrons. The maximum atomic E-state index is 12.2. The minimum Gasteiger partial charge on any atom is -0.507 e. The number of nitrogens with one attached hydrogen (secondary N) is 1. The summed E-state index contributed by atoms with van der Waals surface area (Å²) in [7, 11) is 1.44. The average Bonchev–Trinajstić information content (AvgIpc) is 2.75. The molecule has 29 heavy (non-hydrogen) atoms. The molecule has 8 heteroatoms. The number of carbonyl (C=O) groups is 2. The second-order valence-electron chi connectivity index (χ2n) is 5.76. The highest BCUT2D eigenvalue weighted by molar-refractivity contribution is 5.97. The zero-order valence-corrected chi connectivity index (χ0v) is 15.4. The lowest BCUT2D eigenvalue weighted by molar-refractivity contribution is 0.0729. The molecular weight excluding hydrogens is 374 g/mol. The summed E-state index contributed by atoms with van der Waals surface area (Å²) in [6.07, 6.45) is 4.36. The first-order chi connectivity index (χ1) is 14.1. The molecule has 0 radical (unpaired) electrons. The number of aromatic nitrogens is 1. The number of amides is 1. The van der Waals surface area contributed by atoms with E-state index in [0.717, 1.165) is 0 Å². The number of nitrogens with zero attached hydrogens (tertiary/aromatic N) is 2. The van der Waals surface area contributed by atoms with Crippen molar-refractivity contribution in [2.45, 2.75) is 0 Å². The van der Waals surface area contributed by atoms with Crippen molar-refractivity contribution in [3.05, 3.63) is 83.7 Å². The van der Waals surface area contributed by atoms with Crippen molar-refractivity contribution in [3.8, 4) is 17.2 Å². The molecule has 0 bridgehead atoms. The Balaban J connectivity index is 1.68. The van der Waals surface area contributed by atoms with Gasteiger partial charge in [0.05, 0.1) is 24.5 Å². The number of hydrogen-bond acceptors (Lipinski definition) is 7. The molecule has 2 N–H and O–H groups in total. The van der Waals surface area contributed by atoms with Crippen LogP contribution < -0.4 is 14.9 Å². The largest absolute Gasteiger partial charge is 0.507 e. The number of carbonyl (C=O) groups excluding carboxylic acids is 2. The smallest absolute Gasteiger partial charge is 0.345 e. The van der Waals surface area contributed by atoms with E-state index in [1.807, 2.05) is 0 Å². The lowest BCUT2D eigenvalue weighted by Gasteiger charge is -2.09. The Morgan fingerprint density at radius 1 is 1.10 bits per heavy atom. The SMILES string of the molecule is COc1cc(/C=N\NC(=O)c2ccccc2O)ccc1OC(=O)c1cccnc1. The van der Waals surface area contributed by atoms with Gasteiger partial charge in [0.25, 0.3) is 5.91 Å². The van der Waals surface area contributed by atoms with E-state index in [1.54, 1.807) is 48.7 Å². The number of methoxy groups -OCH3 is 1. The molecule has 1 aromatic heterocycles. The Hall–Kier alpha value is -4.20. The van der Waals surface area contributed by atoms with Crippen LogP contribution in [0.1, 0.15) is 26.3 Å². The number of benzene rings is 2. The first-order valence-corrected chi connectivity index (χ1v) is 8.50. The van der Waals surface area contributed by atoms with Crippen LogP contribution in [-0.4, -0.2) is 35.3 Å². The van der Waals surface area contributed by atoms with Crippen molar-refractivity contribution in [2.75, 3.05) is 7.11 Å². The van der Waals surface area contributed by atoms with Crippen LogP contribution in [0.4, 0.5) is 0 Å². The van der Waals surface area contributed by atoms with E-state index < -0.39 is 11.9 Å². The molecule has 2 aromatic carbocycles. The molecule has 1 heterocycles. The molecule has 1 amide bonds. The lowest BCUT2D eigenvalue weighted by Crippen LogP contribution is -2.17. The Morgan fingerprint density at radius 3 is 2.66 bits per heavy atom. The Morgan fingerprint density at radius 2 is 1.93 bits per heavy atom. The second-order valence-corrected chi connectivity index (χ2v) is 5.76. The molecule has 0 aliphatic rings. The van der Waals surface area contributed by atoms with Gasteiger partial charge in [-0.3, -0.25) is 9.78 Å². The molecule has 3 aromatic rings. The van der Waals surface area contributed by atoms with Crippen LogP contribution in [0.2, 0.25) is 0 Å². The van der Waals surface area contributed by atoms with Gasteiger partial charge in [0.1, 0.15) is 5.75 Å². The quantitative estimate of drug-likeness (QED) is 0.289. The molecule has 0 spiro atoms. The van der Waals surface area contributed by atoms with Gasteiger partial charge in [0.15, 0.2) is 11.5 Å². The molecule has 0 aliphatic carbocycles. The van der Waals surface area contributed by atoms with E-state index in [1.165, 1.54) is 31.7 Å². The zero-order chi connectivity index (χ0) is 20.6. The third kappa shape index (κ3) is 4.95. The third-order valence-corrected chi connectivity index (χ3v) is 3.82. The van der Waals surface area contributed by atoms with Crippen molar-refractivity contribution in [2.24, 2.45) is 5.10 Å². The zero-order valence-electron chi connectivity index (χ0n) is 15.4. The van der Waals surface area contributed by atoms with Crippen LogP contribution in [0, 0.1) is 0 Å². The van der Waals surface area contributed by atoms with Gasteiger partial charge in [-0.2, -0.15) is 5.10 Å². The first-order valence-electron chi connectivity index (χ1n) is 8.50. The summed E-state index contributed by atoms with van der Waals surface area (Å²) >= 11 is 0. The van der Waals surface area contributed by atoms with Crippen LogP contribution in [0.3, 0.4) is 0 Å². The fourth-order valence-corrected chi connectivity index (χ4v) is 2.38. The molecule has 3 rings (SSSR count). The number of hydrogen-bond donors (Lipinski definition) is 2. The van der Waals surface area contributed by atoms with Gasteiger partial charge in [-0.25, -0.2) is 10.2 Å². The maximum Gasteiger partial charge on any atom is 0.345 e. The number of esters is 1. The van der Waals surface area contributed by atoms with Crippen LogP contribution >= 0.6 is 0 Å². The number of hydrazone groups is 1. The molecule has 0 unspecified atom stereocenters. The highest BCUT2D eigenvalue weighted by atomic mass is 16.6. The molecule has 0 saturated heterocycles. The molecule has 0 atom stereocenters. The van der Waals surface area contributed by atoms with Crippen molar-refractivity contribution in [3.63, 3.8) is 0 Å². The van der Waals surface area contributed by atoms with E-state index in [2.05, 4.69) is 15.5 Å². The predicted octanol–water partition coefficient (Wildman–Crippen LogP) is 2.78. The number of ether oxygens (including phenoxy) is 2. The molecule has 8 nitrogen and oxygen atoms in total. The summed E-state index contributed by atoms with van der Waals surface area (Å²) in [5.41, 5.74) is 3.35. The van der Waals surface area contributed by atoms with Gasteiger partial charge >= 0.3 is 5.97 Å². The summed E-state index contributed by atoms with van der Waals surface area (Å²) < 4.78 is 10.6. The maximum absolute atomic E-state index is 12.2. The highest BCUT2D eigenvalue weighted by Gasteiger charge is 2.13. The number of phenols is 1. The van der Waals surface area contributed by atoms with Gasteiger partial charge in [0.2, 0.25) is 0 Å². The molecule has 0 fully saturated rings. The van der Waals surface area contributed by atoms with Crippen LogP contribution in [0.15, 0.2) is 72.1 Å². The van der Waals surface area contributed by atoms with Gasteiger partial charge in [-0.15, -0.1) is 0 Å². The first kappa shape index (κ1) is 19.6. The third-order valence-electron chi connectivity index (χ3n) is 3.82. The van der Waals surface area contributed by atoms with Gasteiger partial charge in [-0.05, 0) is 48.0 Å². The second kappa shape index (κ2) is 9.14. The summed E-state index contributed by atoms with van der Waals surface area (Å²) in [6.45, 7) is 0. The van der Waals surface area contributed by atoms with Gasteiger partial charge in [-0.1, -0.05) is 12.1 Å². The standard InChI is InChI=1S/C21H17N3O5/c1-28-19-11-14(12-23-24-20(26)16-6-2-3-7-17(16)25)8-9-18(19)29-21(27)15-5-4-10-22-13-15/h2-13,25H,1H3,(H,24,26)/b23-12-. The van der Waals surface area contributed by atoms with Gasteiger partial charge in [0, 0.05) is 12.4 Å². The van der Waals surface area contributed by atoms with Crippen LogP contribution in [0.5, 0.6) is 17.2 Å². The summed E-state index contributed by atoms with van der Waals surface area (Å²) in [4.78, 5) is 28.1. The minimum atomic E-state index is -0.562.